The fraction of sp³-hybridized carbons (Fsp3) is 0.619. The lowest BCUT2D eigenvalue weighted by Crippen LogP contribution is -2.50. The normalized spacial score (nSPS) is 22.9. The second kappa shape index (κ2) is 9.13. The highest BCUT2D eigenvalue weighted by Crippen LogP contribution is 2.37. The van der Waals surface area contributed by atoms with E-state index in [0.29, 0.717) is 12.2 Å². The van der Waals surface area contributed by atoms with Crippen molar-refractivity contribution in [2.45, 2.75) is 38.8 Å². The third-order valence-corrected chi connectivity index (χ3v) is 7.18. The van der Waals surface area contributed by atoms with Crippen LogP contribution in [-0.4, -0.2) is 79.7 Å². The minimum Gasteiger partial charge on any atom is -0.486 e. The van der Waals surface area contributed by atoms with Gasteiger partial charge in [0, 0.05) is 25.4 Å². The molecule has 2 amide bonds. The third-order valence-electron chi connectivity index (χ3n) is 5.90. The molecule has 1 aliphatic heterocycles. The Hall–Kier alpha value is -2.17. The van der Waals surface area contributed by atoms with E-state index in [1.807, 2.05) is 6.92 Å². The molecule has 172 valence electrons. The summed E-state index contributed by atoms with van der Waals surface area (Å²) >= 11 is 0. The topological polar surface area (TPSA) is 116 Å². The molecule has 0 aromatic heterocycles. The summed E-state index contributed by atoms with van der Waals surface area (Å²) in [5, 5.41) is 12.6. The van der Waals surface area contributed by atoms with Crippen LogP contribution in [0.5, 0.6) is 5.75 Å². The molecule has 0 bridgehead atoms. The van der Waals surface area contributed by atoms with Gasteiger partial charge in [0.1, 0.15) is 6.10 Å². The van der Waals surface area contributed by atoms with Crippen molar-refractivity contribution >= 4 is 27.5 Å². The first-order chi connectivity index (χ1) is 14.5. The lowest BCUT2D eigenvalue weighted by Gasteiger charge is -2.38. The standard InChI is InChI=1S/C21H31N3O6S/c1-13-10-24(14(2)12-25)21(27)16-6-5-7-17(22-20(26)15-8-9-15)19(16)30-18(13)11-23(3)31(4,28)29/h5-7,13-15,18,25H,8-12H2,1-4H3,(H,22,26)/t13-,14-,18-/m1/s1. The number of rotatable bonds is 7. The second-order valence-corrected chi connectivity index (χ2v) is 10.7. The number of amides is 2. The first kappa shape index (κ1) is 23.5. The lowest BCUT2D eigenvalue weighted by atomic mass is 9.99. The number of benzene rings is 1. The molecule has 0 spiro atoms. The molecule has 1 aliphatic carbocycles. The molecule has 1 aromatic carbocycles. The molecule has 31 heavy (non-hydrogen) atoms. The first-order valence-corrected chi connectivity index (χ1v) is 12.3. The van der Waals surface area contributed by atoms with Crippen LogP contribution in [0.3, 0.4) is 0 Å². The van der Waals surface area contributed by atoms with Crippen LogP contribution in [0.4, 0.5) is 5.69 Å². The summed E-state index contributed by atoms with van der Waals surface area (Å²) in [6.07, 6.45) is 2.22. The van der Waals surface area contributed by atoms with Crippen LogP contribution in [0.1, 0.15) is 37.0 Å². The predicted octanol–water partition coefficient (Wildman–Crippen LogP) is 1.15. The van der Waals surface area contributed by atoms with Crippen LogP contribution in [0.25, 0.3) is 0 Å². The number of likely N-dealkylation sites (N-methyl/N-ethyl adjacent to an activating group) is 1. The number of anilines is 1. The Balaban J connectivity index is 2.03. The number of hydrogen-bond acceptors (Lipinski definition) is 6. The van der Waals surface area contributed by atoms with Crippen LogP contribution in [0, 0.1) is 11.8 Å². The number of aliphatic hydroxyl groups excluding tert-OH is 1. The molecule has 3 atom stereocenters. The molecule has 1 fully saturated rings. The number of sulfonamides is 1. The molecule has 9 nitrogen and oxygen atoms in total. The maximum atomic E-state index is 13.3. The number of fused-ring (bicyclic) bond motifs is 1. The van der Waals surface area contributed by atoms with E-state index in [-0.39, 0.29) is 48.1 Å². The van der Waals surface area contributed by atoms with Crippen LogP contribution >= 0.6 is 0 Å². The smallest absolute Gasteiger partial charge is 0.258 e. The molecule has 2 N–H and O–H groups in total. The molecular formula is C21H31N3O6S. The van der Waals surface area contributed by atoms with Gasteiger partial charge in [-0.3, -0.25) is 9.59 Å². The lowest BCUT2D eigenvalue weighted by molar-refractivity contribution is -0.117. The van der Waals surface area contributed by atoms with E-state index in [0.717, 1.165) is 19.1 Å². The van der Waals surface area contributed by atoms with Gasteiger partial charge in [0.25, 0.3) is 5.91 Å². The van der Waals surface area contributed by atoms with E-state index in [1.165, 1.54) is 11.4 Å². The fourth-order valence-electron chi connectivity index (χ4n) is 3.53. The van der Waals surface area contributed by atoms with E-state index in [1.54, 1.807) is 30.0 Å². The van der Waals surface area contributed by atoms with Crippen LogP contribution in [-0.2, 0) is 14.8 Å². The molecule has 10 heteroatoms. The molecule has 0 radical (unpaired) electrons. The van der Waals surface area contributed by atoms with Gasteiger partial charge in [-0.1, -0.05) is 13.0 Å². The number of nitrogens with zero attached hydrogens (tertiary/aromatic N) is 2. The van der Waals surface area contributed by atoms with E-state index in [4.69, 9.17) is 4.74 Å². The zero-order valence-corrected chi connectivity index (χ0v) is 19.2. The Kier molecular flexibility index (Phi) is 6.92. The first-order valence-electron chi connectivity index (χ1n) is 10.5. The average Bonchev–Trinajstić information content (AvgIpc) is 3.55. The highest BCUT2D eigenvalue weighted by atomic mass is 32.2. The number of carbonyl (C=O) groups excluding carboxylic acids is 2. The highest BCUT2D eigenvalue weighted by Gasteiger charge is 2.36. The highest BCUT2D eigenvalue weighted by molar-refractivity contribution is 7.88. The maximum absolute atomic E-state index is 13.3. The number of para-hydroxylation sites is 1. The van der Waals surface area contributed by atoms with Gasteiger partial charge < -0.3 is 20.1 Å². The van der Waals surface area contributed by atoms with E-state index in [9.17, 15) is 23.1 Å². The second-order valence-electron chi connectivity index (χ2n) is 8.61. The number of hydrogen-bond donors (Lipinski definition) is 2. The molecule has 3 rings (SSSR count). The van der Waals surface area contributed by atoms with Gasteiger partial charge in [-0.2, -0.15) is 0 Å². The SMILES string of the molecule is C[C@@H]1CN([C@H](C)CO)C(=O)c2cccc(NC(=O)C3CC3)c2O[C@@H]1CN(C)S(C)(=O)=O. The summed E-state index contributed by atoms with van der Waals surface area (Å²) in [5.74, 6) is -0.458. The Labute approximate surface area is 183 Å². The number of nitrogens with one attached hydrogen (secondary N) is 1. The third kappa shape index (κ3) is 5.36. The largest absolute Gasteiger partial charge is 0.486 e. The van der Waals surface area contributed by atoms with Crippen molar-refractivity contribution in [3.05, 3.63) is 23.8 Å². The van der Waals surface area contributed by atoms with E-state index >= 15 is 0 Å². The fourth-order valence-corrected chi connectivity index (χ4v) is 3.95. The van der Waals surface area contributed by atoms with Crippen molar-refractivity contribution in [1.29, 1.82) is 0 Å². The number of carbonyl (C=O) groups is 2. The Morgan fingerprint density at radius 2 is 2.06 bits per heavy atom. The molecule has 1 aromatic rings. The van der Waals surface area contributed by atoms with Gasteiger partial charge in [-0.25, -0.2) is 12.7 Å². The summed E-state index contributed by atoms with van der Waals surface area (Å²) < 4.78 is 31.4. The van der Waals surface area contributed by atoms with Crippen molar-refractivity contribution in [3.63, 3.8) is 0 Å². The van der Waals surface area contributed by atoms with E-state index < -0.39 is 22.2 Å². The van der Waals surface area contributed by atoms with Crippen LogP contribution in [0.15, 0.2) is 18.2 Å². The monoisotopic (exact) mass is 453 g/mol. The van der Waals surface area contributed by atoms with Crippen LogP contribution in [0.2, 0.25) is 0 Å². The van der Waals surface area contributed by atoms with Gasteiger partial charge >= 0.3 is 0 Å². The molecule has 1 saturated carbocycles. The molecule has 1 heterocycles. The average molecular weight is 454 g/mol. The van der Waals surface area contributed by atoms with Gasteiger partial charge in [0.2, 0.25) is 15.9 Å². The van der Waals surface area contributed by atoms with Crippen molar-refractivity contribution < 1.29 is 27.9 Å². The van der Waals surface area contributed by atoms with Crippen LogP contribution < -0.4 is 10.1 Å². The van der Waals surface area contributed by atoms with Crippen molar-refractivity contribution in [2.24, 2.45) is 11.8 Å². The summed E-state index contributed by atoms with van der Waals surface area (Å²) in [5.41, 5.74) is 0.660. The summed E-state index contributed by atoms with van der Waals surface area (Å²) in [4.78, 5) is 27.3. The minimum atomic E-state index is -3.44. The molecular weight excluding hydrogens is 422 g/mol. The van der Waals surface area contributed by atoms with Crippen molar-refractivity contribution in [2.75, 3.05) is 38.3 Å². The predicted molar refractivity (Wildman–Crippen MR) is 116 cm³/mol. The maximum Gasteiger partial charge on any atom is 0.258 e. The Morgan fingerprint density at radius 1 is 1.39 bits per heavy atom. The van der Waals surface area contributed by atoms with E-state index in [2.05, 4.69) is 5.32 Å². The molecule has 0 unspecified atom stereocenters. The Morgan fingerprint density at radius 3 is 2.65 bits per heavy atom. The van der Waals surface area contributed by atoms with Gasteiger partial charge in [0.05, 0.1) is 36.7 Å². The van der Waals surface area contributed by atoms with Crippen molar-refractivity contribution in [1.82, 2.24) is 9.21 Å². The summed E-state index contributed by atoms with van der Waals surface area (Å²) in [6, 6.07) is 4.54. The zero-order chi connectivity index (χ0) is 22.9. The summed E-state index contributed by atoms with van der Waals surface area (Å²) in [7, 11) is -1.96. The number of aliphatic hydroxyl groups is 1. The molecule has 2 aliphatic rings. The minimum absolute atomic E-state index is 0.0305. The van der Waals surface area contributed by atoms with Crippen molar-refractivity contribution in [3.8, 4) is 5.75 Å². The number of ether oxygens (including phenoxy) is 1. The zero-order valence-electron chi connectivity index (χ0n) is 18.4. The molecule has 0 saturated heterocycles. The summed E-state index contributed by atoms with van der Waals surface area (Å²) in [6.45, 7) is 3.80. The quantitative estimate of drug-likeness (QED) is 0.640. The van der Waals surface area contributed by atoms with Gasteiger partial charge in [-0.05, 0) is 31.9 Å². The van der Waals surface area contributed by atoms with Gasteiger partial charge in [-0.15, -0.1) is 0 Å². The van der Waals surface area contributed by atoms with Gasteiger partial charge in [0.15, 0.2) is 5.75 Å². The Bertz CT molecular complexity index is 946.